The fourth-order valence-corrected chi connectivity index (χ4v) is 2.71. The van der Waals surface area contributed by atoms with Crippen LogP contribution in [0.2, 0.25) is 0 Å². The predicted octanol–water partition coefficient (Wildman–Crippen LogP) is 3.11. The van der Waals surface area contributed by atoms with Crippen molar-refractivity contribution >= 4 is 10.8 Å². The van der Waals surface area contributed by atoms with Gasteiger partial charge in [-0.3, -0.25) is 0 Å². The number of ether oxygens (including phenoxy) is 2. The van der Waals surface area contributed by atoms with E-state index in [0.717, 1.165) is 22.8 Å². The summed E-state index contributed by atoms with van der Waals surface area (Å²) in [5.41, 5.74) is 0.862. The van der Waals surface area contributed by atoms with Gasteiger partial charge in [0.1, 0.15) is 11.9 Å². The molecule has 1 saturated heterocycles. The smallest absolute Gasteiger partial charge is 0.127 e. The summed E-state index contributed by atoms with van der Waals surface area (Å²) >= 11 is 0. The summed E-state index contributed by atoms with van der Waals surface area (Å²) in [5.74, 6) is 0.716. The second-order valence-electron chi connectivity index (χ2n) is 5.28. The molecule has 3 rings (SSSR count). The molecule has 3 heteroatoms. The monoisotopic (exact) mass is 291 g/mol. The number of fused-ring (bicyclic) bond motifs is 1. The first kappa shape index (κ1) is 8.76. The van der Waals surface area contributed by atoms with E-state index in [0.29, 0.717) is 23.9 Å². The van der Waals surface area contributed by atoms with Gasteiger partial charge in [-0.05, 0) is 37.4 Å². The number of benzene rings is 2. The molecule has 1 aliphatic heterocycles. The first-order valence-electron chi connectivity index (χ1n) is 10.2. The first-order chi connectivity index (χ1) is 12.7. The quantitative estimate of drug-likeness (QED) is 0.845. The van der Waals surface area contributed by atoms with Crippen LogP contribution in [0.25, 0.3) is 10.8 Å². The molecular formula is C18H23NO2. The maximum Gasteiger partial charge on any atom is 0.127 e. The Morgan fingerprint density at radius 3 is 2.90 bits per heavy atom. The van der Waals surface area contributed by atoms with Crippen molar-refractivity contribution in [3.8, 4) is 5.75 Å². The Bertz CT molecular complexity index is 764. The van der Waals surface area contributed by atoms with Crippen LogP contribution in [-0.2, 0) is 11.2 Å². The van der Waals surface area contributed by atoms with Gasteiger partial charge in [0.2, 0.25) is 0 Å². The van der Waals surface area contributed by atoms with E-state index in [9.17, 15) is 0 Å². The van der Waals surface area contributed by atoms with Crippen LogP contribution in [-0.4, -0.2) is 44.7 Å². The van der Waals surface area contributed by atoms with Gasteiger partial charge in [0, 0.05) is 26.6 Å². The molecule has 21 heavy (non-hydrogen) atoms. The summed E-state index contributed by atoms with van der Waals surface area (Å²) in [6, 6.07) is 11.5. The third-order valence-electron chi connectivity index (χ3n) is 3.74. The standard InChI is InChI=1S/C18H23NO2/c1-19(2)11-9-15-6-3-5-14-7-4-8-17(18(14)15)21-16-10-12-20-13-16/h3-8,16H,9-13H2,1-2H3/t16-/m0/s1/i1D3,2D3. The zero-order chi connectivity index (χ0) is 19.7. The highest BCUT2D eigenvalue weighted by atomic mass is 16.5. The molecule has 1 atom stereocenters. The van der Waals surface area contributed by atoms with E-state index in [4.69, 9.17) is 17.7 Å². The highest BCUT2D eigenvalue weighted by molar-refractivity contribution is 5.91. The Hall–Kier alpha value is -1.58. The molecule has 0 aliphatic carbocycles. The van der Waals surface area contributed by atoms with Crippen LogP contribution >= 0.6 is 0 Å². The fourth-order valence-electron chi connectivity index (χ4n) is 2.71. The van der Waals surface area contributed by atoms with E-state index in [2.05, 4.69) is 0 Å². The molecule has 1 aliphatic rings. The highest BCUT2D eigenvalue weighted by Crippen LogP contribution is 2.31. The Morgan fingerprint density at radius 1 is 1.29 bits per heavy atom. The van der Waals surface area contributed by atoms with Crippen LogP contribution in [0.1, 0.15) is 20.2 Å². The Labute approximate surface area is 134 Å². The maximum absolute atomic E-state index is 7.53. The van der Waals surface area contributed by atoms with Crippen molar-refractivity contribution in [2.45, 2.75) is 18.9 Å². The van der Waals surface area contributed by atoms with Crippen LogP contribution in [0, 0.1) is 0 Å². The molecule has 2 aromatic rings. The van der Waals surface area contributed by atoms with Gasteiger partial charge in [-0.1, -0.05) is 30.3 Å². The van der Waals surface area contributed by atoms with Gasteiger partial charge in [0.05, 0.1) is 13.2 Å². The SMILES string of the molecule is [2H]C([2H])([2H])N(CCc1cccc2cccc(O[C@H]3CCOC3)c12)C([2H])([2H])[2H]. The number of likely N-dealkylation sites (N-methyl/N-ethyl adjacent to an activating group) is 1. The lowest BCUT2D eigenvalue weighted by Crippen LogP contribution is -2.17. The Balaban J connectivity index is 1.89. The van der Waals surface area contributed by atoms with Crippen molar-refractivity contribution < 1.29 is 17.7 Å². The Morgan fingerprint density at radius 2 is 2.14 bits per heavy atom. The third-order valence-corrected chi connectivity index (χ3v) is 3.74. The number of hydrogen-bond acceptors (Lipinski definition) is 3. The molecule has 0 radical (unpaired) electrons. The van der Waals surface area contributed by atoms with E-state index >= 15 is 0 Å². The highest BCUT2D eigenvalue weighted by Gasteiger charge is 2.18. The van der Waals surface area contributed by atoms with Crippen LogP contribution in [0.4, 0.5) is 0 Å². The minimum absolute atomic E-state index is 0.00935. The van der Waals surface area contributed by atoms with Gasteiger partial charge < -0.3 is 14.4 Å². The zero-order valence-electron chi connectivity index (χ0n) is 17.8. The van der Waals surface area contributed by atoms with Crippen LogP contribution in [0.5, 0.6) is 5.75 Å². The predicted molar refractivity (Wildman–Crippen MR) is 86.1 cm³/mol. The van der Waals surface area contributed by atoms with Crippen molar-refractivity contribution in [3.63, 3.8) is 0 Å². The van der Waals surface area contributed by atoms with E-state index in [1.165, 1.54) is 0 Å². The van der Waals surface area contributed by atoms with E-state index in [1.807, 2.05) is 36.4 Å². The van der Waals surface area contributed by atoms with Crippen molar-refractivity contribution in [2.24, 2.45) is 0 Å². The summed E-state index contributed by atoms with van der Waals surface area (Å²) in [6.07, 6.45) is 1.10. The van der Waals surface area contributed by atoms with Crippen molar-refractivity contribution in [3.05, 3.63) is 42.0 Å². The second kappa shape index (κ2) is 6.46. The fraction of sp³-hybridized carbons (Fsp3) is 0.444. The van der Waals surface area contributed by atoms with E-state index < -0.39 is 14.0 Å². The average Bonchev–Trinajstić information content (AvgIpc) is 3.06. The largest absolute Gasteiger partial charge is 0.487 e. The van der Waals surface area contributed by atoms with Crippen molar-refractivity contribution in [1.82, 2.24) is 4.90 Å². The minimum Gasteiger partial charge on any atom is -0.487 e. The Kier molecular flexibility index (Phi) is 2.70. The molecule has 0 aromatic heterocycles. The molecule has 0 bridgehead atoms. The van der Waals surface area contributed by atoms with Gasteiger partial charge >= 0.3 is 0 Å². The summed E-state index contributed by atoms with van der Waals surface area (Å²) in [4.78, 5) is 0.590. The molecule has 0 unspecified atom stereocenters. The van der Waals surface area contributed by atoms with Crippen LogP contribution in [0.3, 0.4) is 0 Å². The van der Waals surface area contributed by atoms with Crippen molar-refractivity contribution in [1.29, 1.82) is 0 Å². The summed E-state index contributed by atoms with van der Waals surface area (Å²) in [5, 5.41) is 1.86. The molecule has 3 nitrogen and oxygen atoms in total. The lowest BCUT2D eigenvalue weighted by molar-refractivity contribution is 0.142. The average molecular weight is 291 g/mol. The van der Waals surface area contributed by atoms with Gasteiger partial charge in [-0.25, -0.2) is 0 Å². The molecule has 1 fully saturated rings. The molecule has 0 spiro atoms. The lowest BCUT2D eigenvalue weighted by Gasteiger charge is -2.17. The second-order valence-corrected chi connectivity index (χ2v) is 5.28. The molecule has 1 heterocycles. The number of hydrogen-bond donors (Lipinski definition) is 0. The molecule has 112 valence electrons. The zero-order valence-corrected chi connectivity index (χ0v) is 11.8. The molecule has 0 amide bonds. The normalized spacial score (nSPS) is 24.0. The molecule has 2 aromatic carbocycles. The van der Waals surface area contributed by atoms with Gasteiger partial charge in [0.25, 0.3) is 0 Å². The summed E-state index contributed by atoms with van der Waals surface area (Å²) in [6.45, 7) is -4.25. The maximum atomic E-state index is 7.53. The van der Waals surface area contributed by atoms with Crippen LogP contribution in [0.15, 0.2) is 36.4 Å². The number of nitrogens with zero attached hydrogens (tertiary/aromatic N) is 1. The first-order valence-corrected chi connectivity index (χ1v) is 7.19. The topological polar surface area (TPSA) is 21.7 Å². The van der Waals surface area contributed by atoms with Crippen LogP contribution < -0.4 is 4.74 Å². The molecule has 0 saturated carbocycles. The van der Waals surface area contributed by atoms with Gasteiger partial charge in [-0.2, -0.15) is 0 Å². The van der Waals surface area contributed by atoms with E-state index in [-0.39, 0.29) is 19.1 Å². The van der Waals surface area contributed by atoms with Gasteiger partial charge in [0.15, 0.2) is 0 Å². The summed E-state index contributed by atoms with van der Waals surface area (Å²) in [7, 11) is 0. The lowest BCUT2D eigenvalue weighted by atomic mass is 10.0. The number of rotatable bonds is 5. The van der Waals surface area contributed by atoms with Gasteiger partial charge in [-0.15, -0.1) is 0 Å². The van der Waals surface area contributed by atoms with E-state index in [1.54, 1.807) is 0 Å². The third kappa shape index (κ3) is 3.36. The summed E-state index contributed by atoms with van der Waals surface area (Å²) < 4.78 is 56.6. The minimum atomic E-state index is -2.68. The van der Waals surface area contributed by atoms with Crippen molar-refractivity contribution in [2.75, 3.05) is 33.7 Å². The molecule has 0 N–H and O–H groups in total. The molecular weight excluding hydrogens is 262 g/mol.